The van der Waals surface area contributed by atoms with E-state index in [1.165, 1.54) is 7.11 Å². The third kappa shape index (κ3) is 4.25. The molecule has 1 fully saturated rings. The summed E-state index contributed by atoms with van der Waals surface area (Å²) in [5.41, 5.74) is 5.70. The molecule has 3 N–H and O–H groups in total. The number of hydrogen-bond donors (Lipinski definition) is 2. The van der Waals surface area contributed by atoms with Gasteiger partial charge in [-0.25, -0.2) is 0 Å². The average Bonchev–Trinajstić information content (AvgIpc) is 2.39. The van der Waals surface area contributed by atoms with Crippen LogP contribution in [-0.4, -0.2) is 81.1 Å². The zero-order chi connectivity index (χ0) is 13.5. The topological polar surface area (TPSA) is 87.9 Å². The molecule has 1 saturated heterocycles. The number of rotatable bonds is 5. The van der Waals surface area contributed by atoms with Crippen LogP contribution < -0.4 is 11.1 Å². The number of ether oxygens (including phenoxy) is 1. The highest BCUT2D eigenvalue weighted by molar-refractivity contribution is 5.82. The van der Waals surface area contributed by atoms with E-state index >= 15 is 0 Å². The fourth-order valence-corrected chi connectivity index (χ4v) is 1.89. The summed E-state index contributed by atoms with van der Waals surface area (Å²) < 4.78 is 4.87. The van der Waals surface area contributed by atoms with Gasteiger partial charge in [0, 0.05) is 40.3 Å². The molecule has 1 heterocycles. The van der Waals surface area contributed by atoms with E-state index < -0.39 is 6.04 Å². The zero-order valence-electron chi connectivity index (χ0n) is 11.0. The van der Waals surface area contributed by atoms with Crippen molar-refractivity contribution in [1.82, 2.24) is 15.1 Å². The maximum absolute atomic E-state index is 11.9. The number of piperazine rings is 1. The van der Waals surface area contributed by atoms with Crippen molar-refractivity contribution in [3.8, 4) is 0 Å². The predicted octanol–water partition coefficient (Wildman–Crippen LogP) is -2.15. The SMILES string of the molecule is CNC(=O)CN1CCN(C(=O)C(N)COC)CC1. The summed E-state index contributed by atoms with van der Waals surface area (Å²) in [6.45, 7) is 3.21. The molecule has 0 radical (unpaired) electrons. The number of carbonyl (C=O) groups is 2. The van der Waals surface area contributed by atoms with Gasteiger partial charge in [0.15, 0.2) is 0 Å². The van der Waals surface area contributed by atoms with Gasteiger partial charge in [-0.05, 0) is 0 Å². The van der Waals surface area contributed by atoms with Crippen LogP contribution in [0.3, 0.4) is 0 Å². The van der Waals surface area contributed by atoms with Crippen LogP contribution >= 0.6 is 0 Å². The Bertz CT molecular complexity index is 290. The monoisotopic (exact) mass is 258 g/mol. The molecule has 1 aliphatic heterocycles. The number of hydrogen-bond acceptors (Lipinski definition) is 5. The molecule has 2 amide bonds. The Labute approximate surface area is 107 Å². The first-order valence-electron chi connectivity index (χ1n) is 6.04. The van der Waals surface area contributed by atoms with Gasteiger partial charge in [-0.1, -0.05) is 0 Å². The predicted molar refractivity (Wildman–Crippen MR) is 66.9 cm³/mol. The van der Waals surface area contributed by atoms with Crippen molar-refractivity contribution in [1.29, 1.82) is 0 Å². The van der Waals surface area contributed by atoms with Crippen molar-refractivity contribution in [3.05, 3.63) is 0 Å². The number of nitrogens with two attached hydrogens (primary N) is 1. The van der Waals surface area contributed by atoms with E-state index in [4.69, 9.17) is 10.5 Å². The average molecular weight is 258 g/mol. The third-order valence-corrected chi connectivity index (χ3v) is 2.99. The molecule has 0 bridgehead atoms. The van der Waals surface area contributed by atoms with E-state index in [9.17, 15) is 9.59 Å². The number of nitrogens with one attached hydrogen (secondary N) is 1. The Morgan fingerprint density at radius 2 is 1.94 bits per heavy atom. The van der Waals surface area contributed by atoms with Gasteiger partial charge < -0.3 is 20.7 Å². The molecule has 1 atom stereocenters. The first-order valence-corrected chi connectivity index (χ1v) is 6.04. The molecule has 7 nitrogen and oxygen atoms in total. The standard InChI is InChI=1S/C11H22N4O3/c1-13-10(16)7-14-3-5-15(6-4-14)11(17)9(12)8-18-2/h9H,3-8,12H2,1-2H3,(H,13,16). The lowest BCUT2D eigenvalue weighted by atomic mass is 10.2. The van der Waals surface area contributed by atoms with Gasteiger partial charge in [0.25, 0.3) is 0 Å². The maximum atomic E-state index is 11.9. The van der Waals surface area contributed by atoms with Crippen LogP contribution in [0.5, 0.6) is 0 Å². The molecule has 0 saturated carbocycles. The molecule has 0 aromatic rings. The van der Waals surface area contributed by atoms with Crippen LogP contribution in [0.2, 0.25) is 0 Å². The maximum Gasteiger partial charge on any atom is 0.241 e. The van der Waals surface area contributed by atoms with Crippen molar-refractivity contribution >= 4 is 11.8 Å². The summed E-state index contributed by atoms with van der Waals surface area (Å²) in [5, 5.41) is 2.58. The fourth-order valence-electron chi connectivity index (χ4n) is 1.89. The fraction of sp³-hybridized carbons (Fsp3) is 0.818. The largest absolute Gasteiger partial charge is 0.383 e. The molecule has 0 aliphatic carbocycles. The number of carbonyl (C=O) groups excluding carboxylic acids is 2. The molecule has 104 valence electrons. The molecule has 7 heteroatoms. The Kier molecular flexibility index (Phi) is 6.03. The minimum atomic E-state index is -0.597. The third-order valence-electron chi connectivity index (χ3n) is 2.99. The summed E-state index contributed by atoms with van der Waals surface area (Å²) in [6.07, 6.45) is 0. The number of likely N-dealkylation sites (N-methyl/N-ethyl adjacent to an activating group) is 1. The van der Waals surface area contributed by atoms with Gasteiger partial charge >= 0.3 is 0 Å². The minimum Gasteiger partial charge on any atom is -0.383 e. The molecule has 1 unspecified atom stereocenters. The van der Waals surface area contributed by atoms with Crippen molar-refractivity contribution in [2.45, 2.75) is 6.04 Å². The number of methoxy groups -OCH3 is 1. The molecule has 1 aliphatic rings. The number of nitrogens with zero attached hydrogens (tertiary/aromatic N) is 2. The first kappa shape index (κ1) is 14.9. The Morgan fingerprint density at radius 1 is 1.33 bits per heavy atom. The van der Waals surface area contributed by atoms with Gasteiger partial charge in [-0.2, -0.15) is 0 Å². The molecule has 0 spiro atoms. The van der Waals surface area contributed by atoms with Crippen LogP contribution in [0.4, 0.5) is 0 Å². The molecular formula is C11H22N4O3. The van der Waals surface area contributed by atoms with Crippen LogP contribution in [0.15, 0.2) is 0 Å². The minimum absolute atomic E-state index is 0.00846. The first-order chi connectivity index (χ1) is 8.58. The van der Waals surface area contributed by atoms with Gasteiger partial charge in [0.1, 0.15) is 6.04 Å². The summed E-state index contributed by atoms with van der Waals surface area (Å²) in [4.78, 5) is 26.9. The highest BCUT2D eigenvalue weighted by atomic mass is 16.5. The lowest BCUT2D eigenvalue weighted by molar-refractivity contribution is -0.135. The summed E-state index contributed by atoms with van der Waals surface area (Å²) in [6, 6.07) is -0.597. The van der Waals surface area contributed by atoms with E-state index in [0.29, 0.717) is 32.7 Å². The smallest absolute Gasteiger partial charge is 0.241 e. The van der Waals surface area contributed by atoms with Crippen LogP contribution in [0.25, 0.3) is 0 Å². The number of amides is 2. The van der Waals surface area contributed by atoms with E-state index in [1.54, 1.807) is 11.9 Å². The van der Waals surface area contributed by atoms with Gasteiger partial charge in [-0.3, -0.25) is 14.5 Å². The van der Waals surface area contributed by atoms with E-state index in [0.717, 1.165) is 0 Å². The summed E-state index contributed by atoms with van der Waals surface area (Å²) in [7, 11) is 3.14. The Hall–Kier alpha value is -1.18. The van der Waals surface area contributed by atoms with Crippen molar-refractivity contribution < 1.29 is 14.3 Å². The highest BCUT2D eigenvalue weighted by Gasteiger charge is 2.25. The second-order valence-electron chi connectivity index (χ2n) is 4.34. The van der Waals surface area contributed by atoms with Crippen LogP contribution in [-0.2, 0) is 14.3 Å². The summed E-state index contributed by atoms with van der Waals surface area (Å²) >= 11 is 0. The van der Waals surface area contributed by atoms with Crippen molar-refractivity contribution in [2.75, 3.05) is 53.5 Å². The van der Waals surface area contributed by atoms with E-state index in [1.807, 2.05) is 4.90 Å². The van der Waals surface area contributed by atoms with Crippen LogP contribution in [0, 0.1) is 0 Å². The molecule has 1 rings (SSSR count). The van der Waals surface area contributed by atoms with Crippen molar-refractivity contribution in [3.63, 3.8) is 0 Å². The second-order valence-corrected chi connectivity index (χ2v) is 4.34. The lowest BCUT2D eigenvalue weighted by Gasteiger charge is -2.35. The quantitative estimate of drug-likeness (QED) is 0.587. The Balaban J connectivity index is 2.34. The van der Waals surface area contributed by atoms with Gasteiger partial charge in [0.2, 0.25) is 11.8 Å². The second kappa shape index (κ2) is 7.30. The van der Waals surface area contributed by atoms with Gasteiger partial charge in [0.05, 0.1) is 13.2 Å². The Morgan fingerprint density at radius 3 is 2.44 bits per heavy atom. The normalized spacial score (nSPS) is 18.5. The lowest BCUT2D eigenvalue weighted by Crippen LogP contribution is -2.55. The molecular weight excluding hydrogens is 236 g/mol. The molecule has 0 aromatic carbocycles. The van der Waals surface area contributed by atoms with E-state index in [2.05, 4.69) is 5.32 Å². The zero-order valence-corrected chi connectivity index (χ0v) is 11.0. The molecule has 0 aromatic heterocycles. The van der Waals surface area contributed by atoms with E-state index in [-0.39, 0.29) is 18.4 Å². The molecule has 18 heavy (non-hydrogen) atoms. The van der Waals surface area contributed by atoms with Crippen molar-refractivity contribution in [2.24, 2.45) is 5.73 Å². The summed E-state index contributed by atoms with van der Waals surface area (Å²) in [5.74, 6) is -0.0951. The highest BCUT2D eigenvalue weighted by Crippen LogP contribution is 2.03. The van der Waals surface area contributed by atoms with Crippen LogP contribution in [0.1, 0.15) is 0 Å². The van der Waals surface area contributed by atoms with Gasteiger partial charge in [-0.15, -0.1) is 0 Å².